The molecular formula is C16H16FN3O3S. The first kappa shape index (κ1) is 16.4. The number of rotatable bonds is 2. The second-order valence-electron chi connectivity index (χ2n) is 5.73. The van der Waals surface area contributed by atoms with Crippen LogP contribution >= 0.6 is 0 Å². The fraction of sp³-hybridized carbons (Fsp3) is 0.250. The average Bonchev–Trinajstić information content (AvgIpc) is 2.67. The highest BCUT2D eigenvalue weighted by Gasteiger charge is 2.33. The first-order valence-corrected chi connectivity index (χ1v) is 8.78. The van der Waals surface area contributed by atoms with Gasteiger partial charge >= 0.3 is 0 Å². The number of aromatic nitrogens is 1. The predicted octanol–water partition coefficient (Wildman–Crippen LogP) is 2.31. The molecule has 24 heavy (non-hydrogen) atoms. The summed E-state index contributed by atoms with van der Waals surface area (Å²) in [5, 5.41) is 2.70. The van der Waals surface area contributed by atoms with Crippen LogP contribution in [-0.4, -0.2) is 25.9 Å². The Labute approximate surface area is 139 Å². The second-order valence-corrected chi connectivity index (χ2v) is 7.59. The number of aryl methyl sites for hydroxylation is 1. The van der Waals surface area contributed by atoms with Gasteiger partial charge in [0.15, 0.2) is 0 Å². The predicted molar refractivity (Wildman–Crippen MR) is 87.7 cm³/mol. The van der Waals surface area contributed by atoms with Gasteiger partial charge in [-0.3, -0.25) is 14.1 Å². The summed E-state index contributed by atoms with van der Waals surface area (Å²) in [5.41, 5.74) is 0.901. The standard InChI is InChI=1S/C16H16FN3O3S/c1-10-7-12(3-4-13(10)17)24(22,23)20-9-11(2)16(21)19-14-5-6-18-8-15(14)20/h3-8,11H,9H2,1-2H3,(H,19,21). The minimum absolute atomic E-state index is 0.0245. The highest BCUT2D eigenvalue weighted by Crippen LogP contribution is 2.33. The molecule has 0 aliphatic carbocycles. The number of nitrogens with one attached hydrogen (secondary N) is 1. The van der Waals surface area contributed by atoms with Gasteiger partial charge in [-0.2, -0.15) is 0 Å². The van der Waals surface area contributed by atoms with Crippen molar-refractivity contribution in [2.24, 2.45) is 5.92 Å². The van der Waals surface area contributed by atoms with Crippen LogP contribution < -0.4 is 9.62 Å². The molecule has 2 aromatic rings. The lowest BCUT2D eigenvalue weighted by atomic mass is 10.2. The van der Waals surface area contributed by atoms with Gasteiger partial charge in [0, 0.05) is 12.7 Å². The molecule has 0 radical (unpaired) electrons. The Morgan fingerprint density at radius 2 is 2.08 bits per heavy atom. The van der Waals surface area contributed by atoms with Crippen molar-refractivity contribution >= 4 is 27.3 Å². The molecular weight excluding hydrogens is 333 g/mol. The maximum Gasteiger partial charge on any atom is 0.264 e. The lowest BCUT2D eigenvalue weighted by molar-refractivity contribution is -0.119. The number of hydrogen-bond donors (Lipinski definition) is 1. The van der Waals surface area contributed by atoms with Crippen LogP contribution in [0.3, 0.4) is 0 Å². The number of carbonyl (C=O) groups excluding carboxylic acids is 1. The minimum atomic E-state index is -3.96. The number of sulfonamides is 1. The summed E-state index contributed by atoms with van der Waals surface area (Å²) in [6.45, 7) is 3.12. The van der Waals surface area contributed by atoms with Crippen LogP contribution in [0.1, 0.15) is 12.5 Å². The number of pyridine rings is 1. The van der Waals surface area contributed by atoms with E-state index in [2.05, 4.69) is 10.3 Å². The van der Waals surface area contributed by atoms with E-state index >= 15 is 0 Å². The van der Waals surface area contributed by atoms with Gasteiger partial charge in [-0.05, 0) is 36.8 Å². The van der Waals surface area contributed by atoms with Crippen molar-refractivity contribution in [3.8, 4) is 0 Å². The molecule has 1 N–H and O–H groups in total. The van der Waals surface area contributed by atoms with Gasteiger partial charge in [-0.1, -0.05) is 6.92 Å². The van der Waals surface area contributed by atoms with E-state index in [1.807, 2.05) is 0 Å². The van der Waals surface area contributed by atoms with Crippen LogP contribution in [0.25, 0.3) is 0 Å². The number of amides is 1. The normalized spacial score (nSPS) is 17.9. The molecule has 0 fully saturated rings. The fourth-order valence-corrected chi connectivity index (χ4v) is 4.15. The van der Waals surface area contributed by atoms with Crippen molar-refractivity contribution in [2.75, 3.05) is 16.2 Å². The van der Waals surface area contributed by atoms with E-state index in [0.29, 0.717) is 5.69 Å². The molecule has 1 atom stereocenters. The Balaban J connectivity index is 2.15. The van der Waals surface area contributed by atoms with E-state index in [1.165, 1.54) is 31.5 Å². The zero-order valence-corrected chi connectivity index (χ0v) is 14.0. The molecule has 1 amide bonds. The van der Waals surface area contributed by atoms with Crippen LogP contribution in [0.2, 0.25) is 0 Å². The van der Waals surface area contributed by atoms with Crippen LogP contribution in [0.15, 0.2) is 41.6 Å². The third-order valence-electron chi connectivity index (χ3n) is 3.93. The average molecular weight is 349 g/mol. The lowest BCUT2D eigenvalue weighted by Gasteiger charge is -2.24. The third kappa shape index (κ3) is 2.73. The molecule has 0 saturated heterocycles. The maximum absolute atomic E-state index is 13.5. The summed E-state index contributed by atoms with van der Waals surface area (Å²) in [6.07, 6.45) is 2.86. The summed E-state index contributed by atoms with van der Waals surface area (Å²) in [4.78, 5) is 16.0. The van der Waals surface area contributed by atoms with Crippen molar-refractivity contribution in [2.45, 2.75) is 18.7 Å². The van der Waals surface area contributed by atoms with Crippen molar-refractivity contribution in [3.05, 3.63) is 48.0 Å². The van der Waals surface area contributed by atoms with Gasteiger partial charge in [0.1, 0.15) is 5.82 Å². The Kier molecular flexibility index (Phi) is 4.00. The van der Waals surface area contributed by atoms with Crippen LogP contribution in [0.5, 0.6) is 0 Å². The molecule has 126 valence electrons. The highest BCUT2D eigenvalue weighted by molar-refractivity contribution is 7.92. The molecule has 3 rings (SSSR count). The highest BCUT2D eigenvalue weighted by atomic mass is 32.2. The number of nitrogens with zero attached hydrogens (tertiary/aromatic N) is 2. The Morgan fingerprint density at radius 1 is 1.33 bits per heavy atom. The van der Waals surface area contributed by atoms with Crippen LogP contribution in [0.4, 0.5) is 15.8 Å². The van der Waals surface area contributed by atoms with E-state index < -0.39 is 21.8 Å². The smallest absolute Gasteiger partial charge is 0.264 e. The molecule has 1 aromatic heterocycles. The lowest BCUT2D eigenvalue weighted by Crippen LogP contribution is -2.36. The fourth-order valence-electron chi connectivity index (χ4n) is 2.51. The number of carbonyl (C=O) groups is 1. The third-order valence-corrected chi connectivity index (χ3v) is 5.71. The summed E-state index contributed by atoms with van der Waals surface area (Å²) >= 11 is 0. The Bertz CT molecular complexity index is 915. The molecule has 1 aliphatic heterocycles. The second kappa shape index (κ2) is 5.86. The first-order valence-electron chi connectivity index (χ1n) is 7.34. The van der Waals surface area contributed by atoms with E-state index in [4.69, 9.17) is 0 Å². The van der Waals surface area contributed by atoms with Gasteiger partial charge < -0.3 is 5.32 Å². The summed E-state index contributed by atoms with van der Waals surface area (Å²) in [7, 11) is -3.96. The largest absolute Gasteiger partial charge is 0.324 e. The van der Waals surface area contributed by atoms with E-state index in [9.17, 15) is 17.6 Å². The van der Waals surface area contributed by atoms with E-state index in [0.717, 1.165) is 10.4 Å². The zero-order chi connectivity index (χ0) is 17.5. The molecule has 0 saturated carbocycles. The Hall–Kier alpha value is -2.48. The van der Waals surface area contributed by atoms with Crippen molar-refractivity contribution in [3.63, 3.8) is 0 Å². The minimum Gasteiger partial charge on any atom is -0.324 e. The first-order chi connectivity index (χ1) is 11.3. The zero-order valence-electron chi connectivity index (χ0n) is 13.2. The van der Waals surface area contributed by atoms with Crippen LogP contribution in [-0.2, 0) is 14.8 Å². The molecule has 1 aromatic carbocycles. The van der Waals surface area contributed by atoms with Crippen molar-refractivity contribution < 1.29 is 17.6 Å². The molecule has 6 nitrogen and oxygen atoms in total. The Morgan fingerprint density at radius 3 is 2.79 bits per heavy atom. The van der Waals surface area contributed by atoms with Gasteiger partial charge in [0.2, 0.25) is 5.91 Å². The summed E-state index contributed by atoms with van der Waals surface area (Å²) in [5.74, 6) is -1.29. The topological polar surface area (TPSA) is 79.4 Å². The maximum atomic E-state index is 13.5. The quantitative estimate of drug-likeness (QED) is 0.902. The van der Waals surface area contributed by atoms with Gasteiger partial charge in [0.25, 0.3) is 10.0 Å². The molecule has 8 heteroatoms. The van der Waals surface area contributed by atoms with Crippen molar-refractivity contribution in [1.82, 2.24) is 4.98 Å². The number of halogens is 1. The van der Waals surface area contributed by atoms with Crippen molar-refractivity contribution in [1.29, 1.82) is 0 Å². The molecule has 1 aliphatic rings. The number of benzene rings is 1. The molecule has 1 unspecified atom stereocenters. The SMILES string of the molecule is Cc1cc(S(=O)(=O)N2CC(C)C(=O)Nc3ccncc32)ccc1F. The van der Waals surface area contributed by atoms with Crippen LogP contribution in [0, 0.1) is 18.7 Å². The van der Waals surface area contributed by atoms with Gasteiger partial charge in [-0.25, -0.2) is 12.8 Å². The molecule has 0 spiro atoms. The number of fused-ring (bicyclic) bond motifs is 1. The number of hydrogen-bond acceptors (Lipinski definition) is 4. The summed E-state index contributed by atoms with van der Waals surface area (Å²) < 4.78 is 40.7. The van der Waals surface area contributed by atoms with Gasteiger partial charge in [0.05, 0.1) is 28.4 Å². The molecule has 2 heterocycles. The molecule has 0 bridgehead atoms. The summed E-state index contributed by atoms with van der Waals surface area (Å²) in [6, 6.07) is 5.17. The van der Waals surface area contributed by atoms with E-state index in [-0.39, 0.29) is 28.6 Å². The van der Waals surface area contributed by atoms with E-state index in [1.54, 1.807) is 13.0 Å². The monoisotopic (exact) mass is 349 g/mol. The number of anilines is 2. The van der Waals surface area contributed by atoms with Gasteiger partial charge in [-0.15, -0.1) is 0 Å².